The van der Waals surface area contributed by atoms with Gasteiger partial charge in [-0.25, -0.2) is 0 Å². The van der Waals surface area contributed by atoms with Gasteiger partial charge in [0.05, 0.1) is 0 Å². The quantitative estimate of drug-likeness (QED) is 0.101. The minimum Gasteiger partial charge on any atom is -1.00 e. The van der Waals surface area contributed by atoms with Gasteiger partial charge in [-0.05, 0) is 0 Å². The molecule has 0 aromatic rings. The molecule has 0 saturated carbocycles. The second-order valence-corrected chi connectivity index (χ2v) is 8.48. The third-order valence-corrected chi connectivity index (χ3v) is 0. The maximum absolute atomic E-state index is 8.74. The first kappa shape index (κ1) is 71.4. The maximum atomic E-state index is 8.74. The average molecular weight is 805 g/mol. The van der Waals surface area contributed by atoms with Crippen molar-refractivity contribution in [2.24, 2.45) is 0 Å². The molecule has 0 unspecified atom stereocenters. The summed E-state index contributed by atoms with van der Waals surface area (Å²) in [6.45, 7) is 0. The molecule has 0 aromatic heterocycles. The van der Waals surface area contributed by atoms with Gasteiger partial charge in [-0.1, -0.05) is 0 Å². The molecule has 0 aromatic carbocycles. The number of rotatable bonds is 0. The number of hydrogen-bond donors (Lipinski definition) is 20. The Kier molecular flexibility index (Phi) is 115. The van der Waals surface area contributed by atoms with Crippen molar-refractivity contribution in [3.8, 4) is 0 Å². The molecule has 30 nitrogen and oxygen atoms in total. The van der Waals surface area contributed by atoms with Gasteiger partial charge < -0.3 is 97.3 Å². The van der Waals surface area contributed by atoms with E-state index in [1.165, 1.54) is 0 Å². The van der Waals surface area contributed by atoms with Crippen molar-refractivity contribution in [2.75, 3.05) is 0 Å². The Morgan fingerprint density at radius 2 is 0.195 bits per heavy atom. The third kappa shape index (κ3) is 5740. The molecule has 0 bridgehead atoms. The largest absolute Gasteiger partial charge is 1.00 e. The molecule has 0 rings (SSSR count). The summed E-state index contributed by atoms with van der Waals surface area (Å²) in [6, 6.07) is 0. The van der Waals surface area contributed by atoms with Crippen LogP contribution in [0.4, 0.5) is 0 Å². The normalized spacial score (nSPS) is 5.85. The van der Waals surface area contributed by atoms with Crippen molar-refractivity contribution in [1.82, 2.24) is 0 Å². The van der Waals surface area contributed by atoms with Gasteiger partial charge in [0.1, 0.15) is 0 Å². The molecule has 41 heavy (non-hydrogen) atoms. The van der Waals surface area contributed by atoms with Crippen molar-refractivity contribution in [3.63, 3.8) is 0 Å². The van der Waals surface area contributed by atoms with Crippen LogP contribution in [-0.2, 0) is 44.6 Å². The van der Waals surface area contributed by atoms with Crippen LogP contribution in [0.25, 0.3) is 0 Å². The molecule has 0 fully saturated rings. The van der Waals surface area contributed by atoms with Crippen molar-refractivity contribution in [2.45, 2.75) is 0 Å². The number of hydrogen-bond acceptors (Lipinski definition) is 10. The summed E-state index contributed by atoms with van der Waals surface area (Å²) in [5.41, 5.74) is 0. The van der Waals surface area contributed by atoms with E-state index in [0.29, 0.717) is 0 Å². The van der Waals surface area contributed by atoms with Crippen LogP contribution >= 0.6 is 0 Å². The molecule has 20 N–H and O–H groups in total. The first-order valence-corrected chi connectivity index (χ1v) is 19.5. The molecule has 0 radical (unpaired) electrons. The van der Waals surface area contributed by atoms with E-state index in [4.69, 9.17) is 141 Å². The first-order chi connectivity index (χ1) is 17.3. The topological polar surface area (TPSA) is 575 Å². The van der Waals surface area contributed by atoms with Crippen LogP contribution in [0.3, 0.4) is 0 Å². The molecule has 242 valence electrons. The summed E-state index contributed by atoms with van der Waals surface area (Å²) in [4.78, 5) is 143. The molecule has 0 aliphatic heterocycles. The van der Waals surface area contributed by atoms with E-state index in [0.717, 1.165) is 0 Å². The summed E-state index contributed by atoms with van der Waals surface area (Å²) in [6.07, 6.45) is 0. The van der Waals surface area contributed by atoms with E-state index < -0.39 is 91.7 Å². The zero-order valence-electron chi connectivity index (χ0n) is 20.0. The van der Waals surface area contributed by atoms with E-state index in [1.54, 1.807) is 0 Å². The zero-order chi connectivity index (χ0) is 35.8. The van der Waals surface area contributed by atoms with Crippen LogP contribution in [0, 0.1) is 0 Å². The summed E-state index contributed by atoms with van der Waals surface area (Å²) < 4.78 is 87.4. The minimum atomic E-state index is -3.13. The third-order valence-electron chi connectivity index (χ3n) is 0. The predicted molar refractivity (Wildman–Crippen MR) is 110 cm³/mol. The van der Waals surface area contributed by atoms with Crippen LogP contribution in [0.1, 0.15) is 1.43 Å². The van der Waals surface area contributed by atoms with Gasteiger partial charge in [-0.2, -0.15) is 0 Å². The van der Waals surface area contributed by atoms with E-state index >= 15 is 0 Å². The van der Waals surface area contributed by atoms with Crippen molar-refractivity contribution < 1.29 is 172 Å². The Hall–Kier alpha value is -2.83. The minimum absolute atomic E-state index is 0. The molecule has 0 atom stereocenters. The molecule has 0 saturated heterocycles. The Balaban J connectivity index is -0.0000000237. The summed E-state index contributed by atoms with van der Waals surface area (Å²) in [7, 11) is -31.3. The Labute approximate surface area is 262 Å². The Bertz CT molecular complexity index is 476. The fraction of sp³-hybridized carbons (Fsp3) is 0. The van der Waals surface area contributed by atoms with Crippen LogP contribution in [0.2, 0.25) is 0 Å². The molecule has 0 heterocycles. The van der Waals surface area contributed by atoms with Crippen LogP contribution in [0.5, 0.6) is 0 Å². The fourth-order valence-corrected chi connectivity index (χ4v) is 0. The first-order valence-electron chi connectivity index (χ1n) is 6.51. The van der Waals surface area contributed by atoms with Crippen LogP contribution in [-0.4, -0.2) is 188 Å². The maximum Gasteiger partial charge on any atom is 1.00 e. The molecule has 0 aliphatic carbocycles. The second kappa shape index (κ2) is 65.9. The molecule has 0 aliphatic rings. The predicted octanol–water partition coefficient (Wildman–Crippen LogP) is -19.0. The van der Waals surface area contributed by atoms with Crippen LogP contribution in [0.15, 0.2) is 0 Å². The summed E-state index contributed by atoms with van der Waals surface area (Å²) in [5, 5.41) is 0. The van der Waals surface area contributed by atoms with E-state index in [2.05, 4.69) is 0 Å². The van der Waals surface area contributed by atoms with Crippen LogP contribution < -0.4 is 29.6 Å². The van der Waals surface area contributed by atoms with Gasteiger partial charge in [0, 0.05) is 0 Å². The molecule has 0 amide bonds. The zero-order valence-corrected chi connectivity index (χ0v) is 31.0. The van der Waals surface area contributed by atoms with Crippen molar-refractivity contribution >= 4 is 91.7 Å². The van der Waals surface area contributed by atoms with Crippen molar-refractivity contribution in [1.29, 1.82) is 0 Å². The monoisotopic (exact) mass is 804 g/mol. The van der Waals surface area contributed by atoms with E-state index in [9.17, 15) is 0 Å². The molecular formula is H21NaO30Si10. The average Bonchev–Trinajstić information content (AvgIpc) is 2.47. The van der Waals surface area contributed by atoms with Gasteiger partial charge in [0.2, 0.25) is 0 Å². The molecule has 0 spiro atoms. The van der Waals surface area contributed by atoms with E-state index in [-0.39, 0.29) is 31.0 Å². The fourth-order valence-electron chi connectivity index (χ4n) is 0. The van der Waals surface area contributed by atoms with Gasteiger partial charge in [0.25, 0.3) is 0 Å². The van der Waals surface area contributed by atoms with Crippen molar-refractivity contribution in [3.05, 3.63) is 0 Å². The summed E-state index contributed by atoms with van der Waals surface area (Å²) in [5.74, 6) is 0. The molecular weight excluding hydrogens is 784 g/mol. The second-order valence-electron chi connectivity index (χ2n) is 2.83. The Morgan fingerprint density at radius 1 is 0.195 bits per heavy atom. The van der Waals surface area contributed by atoms with Gasteiger partial charge in [-0.3, -0.25) is 44.6 Å². The van der Waals surface area contributed by atoms with Gasteiger partial charge in [-0.15, -0.1) is 0 Å². The van der Waals surface area contributed by atoms with Gasteiger partial charge >= 0.3 is 121 Å². The smallest absolute Gasteiger partial charge is 1.00 e. The standard InChI is InChI=1S/Na.10H2O3Si.H/c;10*1-4(2)3;/h;10*1-2H;/q+1;;;;;;;;;;;-1. The van der Waals surface area contributed by atoms with E-state index in [1.807, 2.05) is 0 Å². The Morgan fingerprint density at radius 3 is 0.195 bits per heavy atom. The molecule has 41 heteroatoms. The van der Waals surface area contributed by atoms with Gasteiger partial charge in [0.15, 0.2) is 0 Å². The summed E-state index contributed by atoms with van der Waals surface area (Å²) >= 11 is 0. The SMILES string of the molecule is O=[Si](O)O.O=[Si](O)O.O=[Si](O)O.O=[Si](O)O.O=[Si](O)O.O=[Si](O)O.O=[Si](O)O.O=[Si](O)O.O=[Si](O)O.O=[Si](O)O.[H-].[Na+].